The highest BCUT2D eigenvalue weighted by Crippen LogP contribution is 2.02. The molecule has 0 aromatic carbocycles. The number of nitrogens with one attached hydrogen (secondary N) is 2. The van der Waals surface area contributed by atoms with Crippen molar-refractivity contribution in [2.45, 2.75) is 31.7 Å². The van der Waals surface area contributed by atoms with Crippen LogP contribution in [-0.4, -0.2) is 31.5 Å². The average Bonchev–Trinajstić information content (AvgIpc) is 2.19. The fourth-order valence-corrected chi connectivity index (χ4v) is 1.53. The largest absolute Gasteiger partial charge is 0.313 e. The molecule has 0 aromatic heterocycles. The minimum atomic E-state index is 0.0542. The maximum absolute atomic E-state index is 11.6. The van der Waals surface area contributed by atoms with E-state index >= 15 is 0 Å². The van der Waals surface area contributed by atoms with Crippen molar-refractivity contribution in [3.05, 3.63) is 6.92 Å². The molecule has 1 aliphatic rings. The Hall–Kier alpha value is -0.410. The summed E-state index contributed by atoms with van der Waals surface area (Å²) < 4.78 is 0. The lowest BCUT2D eigenvalue weighted by atomic mass is 10.0. The van der Waals surface area contributed by atoms with E-state index in [4.69, 9.17) is 0 Å². The second-order valence-electron chi connectivity index (χ2n) is 3.49. The van der Waals surface area contributed by atoms with Gasteiger partial charge in [0.1, 0.15) is 0 Å². The molecule has 0 spiro atoms. The minimum Gasteiger partial charge on any atom is -0.313 e. The molecule has 2 N–H and O–H groups in total. The standard InChI is InChI=1S/C10H19N2O/c1-2-3-4-5-10(13)9-8-11-6-7-12-9/h9,11-12H,1-8H2. The lowest BCUT2D eigenvalue weighted by Gasteiger charge is -2.23. The Morgan fingerprint density at radius 3 is 2.85 bits per heavy atom. The van der Waals surface area contributed by atoms with Gasteiger partial charge in [-0.2, -0.15) is 0 Å². The quantitative estimate of drug-likeness (QED) is 0.610. The van der Waals surface area contributed by atoms with Gasteiger partial charge in [0.05, 0.1) is 6.04 Å². The molecule has 0 saturated carbocycles. The third-order valence-electron chi connectivity index (χ3n) is 2.35. The zero-order valence-electron chi connectivity index (χ0n) is 8.14. The minimum absolute atomic E-state index is 0.0542. The smallest absolute Gasteiger partial charge is 0.151 e. The summed E-state index contributed by atoms with van der Waals surface area (Å²) in [6, 6.07) is 0.0542. The first kappa shape index (κ1) is 10.7. The first-order chi connectivity index (χ1) is 6.34. The van der Waals surface area contributed by atoms with Gasteiger partial charge >= 0.3 is 0 Å². The van der Waals surface area contributed by atoms with Gasteiger partial charge in [0.15, 0.2) is 5.78 Å². The van der Waals surface area contributed by atoms with Crippen LogP contribution in [0.5, 0.6) is 0 Å². The highest BCUT2D eigenvalue weighted by atomic mass is 16.1. The second-order valence-corrected chi connectivity index (χ2v) is 3.49. The van der Waals surface area contributed by atoms with Crippen LogP contribution >= 0.6 is 0 Å². The van der Waals surface area contributed by atoms with Gasteiger partial charge in [0, 0.05) is 26.1 Å². The van der Waals surface area contributed by atoms with Gasteiger partial charge < -0.3 is 10.6 Å². The van der Waals surface area contributed by atoms with Crippen molar-refractivity contribution in [1.82, 2.24) is 10.6 Å². The van der Waals surface area contributed by atoms with Crippen molar-refractivity contribution in [2.24, 2.45) is 0 Å². The highest BCUT2D eigenvalue weighted by molar-refractivity contribution is 5.84. The molecular weight excluding hydrogens is 164 g/mol. The number of piperazine rings is 1. The van der Waals surface area contributed by atoms with Gasteiger partial charge in [-0.1, -0.05) is 19.8 Å². The molecule has 1 saturated heterocycles. The Morgan fingerprint density at radius 2 is 2.23 bits per heavy atom. The van der Waals surface area contributed by atoms with Gasteiger partial charge in [-0.15, -0.1) is 0 Å². The molecule has 1 radical (unpaired) electrons. The third kappa shape index (κ3) is 3.87. The van der Waals surface area contributed by atoms with E-state index in [9.17, 15) is 4.79 Å². The molecule has 13 heavy (non-hydrogen) atoms. The van der Waals surface area contributed by atoms with E-state index in [0.29, 0.717) is 12.2 Å². The Bertz CT molecular complexity index is 153. The maximum Gasteiger partial charge on any atom is 0.151 e. The summed E-state index contributed by atoms with van der Waals surface area (Å²) in [5, 5.41) is 6.43. The predicted octanol–water partition coefficient (Wildman–Crippen LogP) is 0.511. The van der Waals surface area contributed by atoms with Gasteiger partial charge in [0.2, 0.25) is 0 Å². The number of Topliss-reactive ketones (excluding diaryl/α,β-unsaturated/α-hetero) is 1. The Labute approximate surface area is 80.3 Å². The lowest BCUT2D eigenvalue weighted by molar-refractivity contribution is -0.121. The molecule has 1 aliphatic heterocycles. The lowest BCUT2D eigenvalue weighted by Crippen LogP contribution is -2.52. The van der Waals surface area contributed by atoms with Crippen LogP contribution in [0.25, 0.3) is 0 Å². The van der Waals surface area contributed by atoms with Gasteiger partial charge in [-0.05, 0) is 6.42 Å². The first-order valence-electron chi connectivity index (χ1n) is 5.10. The molecule has 0 amide bonds. The normalized spacial score (nSPS) is 23.0. The third-order valence-corrected chi connectivity index (χ3v) is 2.35. The SMILES string of the molecule is [CH2]CCCCC(=O)C1CNCCN1. The van der Waals surface area contributed by atoms with Crippen molar-refractivity contribution in [3.8, 4) is 0 Å². The van der Waals surface area contributed by atoms with Crippen LogP contribution in [0.4, 0.5) is 0 Å². The Morgan fingerprint density at radius 1 is 1.38 bits per heavy atom. The van der Waals surface area contributed by atoms with Crippen molar-refractivity contribution >= 4 is 5.78 Å². The first-order valence-corrected chi connectivity index (χ1v) is 5.10. The molecule has 1 rings (SSSR count). The molecule has 0 bridgehead atoms. The summed E-state index contributed by atoms with van der Waals surface area (Å²) in [7, 11) is 0. The molecule has 1 fully saturated rings. The van der Waals surface area contributed by atoms with Crippen LogP contribution < -0.4 is 10.6 Å². The predicted molar refractivity (Wildman–Crippen MR) is 53.5 cm³/mol. The van der Waals surface area contributed by atoms with Crippen LogP contribution in [0.1, 0.15) is 25.7 Å². The van der Waals surface area contributed by atoms with E-state index in [1.54, 1.807) is 0 Å². The summed E-state index contributed by atoms with van der Waals surface area (Å²) in [6.07, 6.45) is 3.69. The molecule has 1 atom stereocenters. The fourth-order valence-electron chi connectivity index (χ4n) is 1.53. The van der Waals surface area contributed by atoms with Gasteiger partial charge in [-0.3, -0.25) is 4.79 Å². The van der Waals surface area contributed by atoms with E-state index in [1.165, 1.54) is 0 Å². The van der Waals surface area contributed by atoms with E-state index < -0.39 is 0 Å². The van der Waals surface area contributed by atoms with Crippen molar-refractivity contribution in [1.29, 1.82) is 0 Å². The number of carbonyl (C=O) groups is 1. The molecule has 1 unspecified atom stereocenters. The monoisotopic (exact) mass is 183 g/mol. The van der Waals surface area contributed by atoms with Crippen LogP contribution in [0.2, 0.25) is 0 Å². The molecule has 3 nitrogen and oxygen atoms in total. The molecule has 3 heteroatoms. The number of unbranched alkanes of at least 4 members (excludes halogenated alkanes) is 2. The van der Waals surface area contributed by atoms with Crippen LogP contribution in [0.15, 0.2) is 0 Å². The van der Waals surface area contributed by atoms with E-state index in [1.807, 2.05) is 0 Å². The molecule has 75 valence electrons. The topological polar surface area (TPSA) is 41.1 Å². The second kappa shape index (κ2) is 6.11. The summed E-state index contributed by atoms with van der Waals surface area (Å²) in [5.41, 5.74) is 0. The van der Waals surface area contributed by atoms with E-state index in [0.717, 1.165) is 38.9 Å². The number of carbonyl (C=O) groups excluding carboxylic acids is 1. The molecular formula is C10H19N2O. The fraction of sp³-hybridized carbons (Fsp3) is 0.800. The number of hydrogen-bond acceptors (Lipinski definition) is 3. The number of hydrogen-bond donors (Lipinski definition) is 2. The van der Waals surface area contributed by atoms with Crippen LogP contribution in [0.3, 0.4) is 0 Å². The maximum atomic E-state index is 11.6. The Kier molecular flexibility index (Phi) is 5.01. The van der Waals surface area contributed by atoms with Gasteiger partial charge in [-0.25, -0.2) is 0 Å². The zero-order valence-corrected chi connectivity index (χ0v) is 8.14. The van der Waals surface area contributed by atoms with Crippen LogP contribution in [-0.2, 0) is 4.79 Å². The molecule has 0 aromatic rings. The average molecular weight is 183 g/mol. The Balaban J connectivity index is 2.13. The molecule has 0 aliphatic carbocycles. The van der Waals surface area contributed by atoms with Crippen LogP contribution in [0, 0.1) is 6.92 Å². The summed E-state index contributed by atoms with van der Waals surface area (Å²) in [4.78, 5) is 11.6. The summed E-state index contributed by atoms with van der Waals surface area (Å²) >= 11 is 0. The summed E-state index contributed by atoms with van der Waals surface area (Å²) in [5.74, 6) is 0.348. The summed E-state index contributed by atoms with van der Waals surface area (Å²) in [6.45, 7) is 6.43. The zero-order chi connectivity index (χ0) is 9.52. The molecule has 1 heterocycles. The number of rotatable bonds is 5. The van der Waals surface area contributed by atoms with E-state index in [-0.39, 0.29) is 6.04 Å². The van der Waals surface area contributed by atoms with Gasteiger partial charge in [0.25, 0.3) is 0 Å². The van der Waals surface area contributed by atoms with Crippen molar-refractivity contribution in [2.75, 3.05) is 19.6 Å². The van der Waals surface area contributed by atoms with E-state index in [2.05, 4.69) is 17.6 Å². The van der Waals surface area contributed by atoms with Crippen molar-refractivity contribution in [3.63, 3.8) is 0 Å². The number of ketones is 1. The van der Waals surface area contributed by atoms with Crippen molar-refractivity contribution < 1.29 is 4.79 Å². The highest BCUT2D eigenvalue weighted by Gasteiger charge is 2.18.